The van der Waals surface area contributed by atoms with E-state index in [4.69, 9.17) is 0 Å². The average molecular weight is 182 g/mol. The van der Waals surface area contributed by atoms with Crippen molar-refractivity contribution < 1.29 is 9.59 Å². The van der Waals surface area contributed by atoms with Gasteiger partial charge in [-0.15, -0.1) is 0 Å². The highest BCUT2D eigenvalue weighted by Gasteiger charge is 2.29. The van der Waals surface area contributed by atoms with Crippen LogP contribution in [-0.4, -0.2) is 11.6 Å². The molecule has 0 aromatic carbocycles. The van der Waals surface area contributed by atoms with Gasteiger partial charge in [0.2, 0.25) is 0 Å². The number of rotatable bonds is 0. The molecule has 2 heteroatoms. The van der Waals surface area contributed by atoms with Crippen molar-refractivity contribution in [3.05, 3.63) is 58.7 Å². The Balaban J connectivity index is 2.30. The molecule has 0 spiro atoms. The van der Waals surface area contributed by atoms with Gasteiger partial charge in [0.15, 0.2) is 11.6 Å². The van der Waals surface area contributed by atoms with Gasteiger partial charge in [-0.25, -0.2) is 0 Å². The molecule has 3 aliphatic carbocycles. The zero-order valence-electron chi connectivity index (χ0n) is 7.28. The molecule has 0 N–H and O–H groups in total. The highest BCUT2D eigenvalue weighted by molar-refractivity contribution is 6.20. The van der Waals surface area contributed by atoms with Crippen molar-refractivity contribution in [2.45, 2.75) is 0 Å². The summed E-state index contributed by atoms with van der Waals surface area (Å²) in [6, 6.07) is 0. The maximum Gasteiger partial charge on any atom is 0.186 e. The Morgan fingerprint density at radius 3 is 1.71 bits per heavy atom. The number of allylic oxidation sites excluding steroid dienone is 10. The third-order valence-corrected chi connectivity index (χ3v) is 2.60. The van der Waals surface area contributed by atoms with Crippen molar-refractivity contribution >= 4 is 11.6 Å². The molecule has 0 aliphatic heterocycles. The van der Waals surface area contributed by atoms with Gasteiger partial charge >= 0.3 is 0 Å². The van der Waals surface area contributed by atoms with E-state index in [1.54, 1.807) is 36.5 Å². The van der Waals surface area contributed by atoms with E-state index in [1.807, 2.05) is 0 Å². The van der Waals surface area contributed by atoms with Crippen LogP contribution in [0.2, 0.25) is 0 Å². The summed E-state index contributed by atoms with van der Waals surface area (Å²) >= 11 is 0. The van der Waals surface area contributed by atoms with E-state index in [0.29, 0.717) is 11.1 Å². The van der Waals surface area contributed by atoms with Crippen LogP contribution in [0, 0.1) is 0 Å². The number of carbonyl (C=O) groups excluding carboxylic acids is 2. The lowest BCUT2D eigenvalue weighted by Gasteiger charge is -2.16. The van der Waals surface area contributed by atoms with Crippen molar-refractivity contribution in [1.82, 2.24) is 0 Å². The van der Waals surface area contributed by atoms with Gasteiger partial charge in [0, 0.05) is 16.7 Å². The molecule has 0 fully saturated rings. The lowest BCUT2D eigenvalue weighted by atomic mass is 9.85. The number of hydrogen-bond donors (Lipinski definition) is 0. The molecule has 14 heavy (non-hydrogen) atoms. The maximum atomic E-state index is 11.5. The highest BCUT2D eigenvalue weighted by Crippen LogP contribution is 2.36. The smallest absolute Gasteiger partial charge is 0.186 e. The van der Waals surface area contributed by atoms with Crippen molar-refractivity contribution in [2.75, 3.05) is 0 Å². The molecule has 0 aromatic rings. The Hall–Kier alpha value is -1.96. The third-order valence-electron chi connectivity index (χ3n) is 2.60. The van der Waals surface area contributed by atoms with E-state index >= 15 is 0 Å². The van der Waals surface area contributed by atoms with Gasteiger partial charge < -0.3 is 0 Å². The molecule has 0 saturated carbocycles. The van der Waals surface area contributed by atoms with E-state index in [-0.39, 0.29) is 11.6 Å². The molecular weight excluding hydrogens is 176 g/mol. The maximum absolute atomic E-state index is 11.5. The first-order chi connectivity index (χ1) is 6.77. The summed E-state index contributed by atoms with van der Waals surface area (Å²) in [6.07, 6.45) is 10.1. The Morgan fingerprint density at radius 2 is 1.21 bits per heavy atom. The van der Waals surface area contributed by atoms with E-state index in [2.05, 4.69) is 0 Å². The molecule has 0 unspecified atom stereocenters. The Labute approximate surface area is 80.6 Å². The molecule has 0 atom stereocenters. The average Bonchev–Trinajstić information content (AvgIpc) is 2.62. The Kier molecular flexibility index (Phi) is 1.22. The standard InChI is InChI=1S/C12H6O2/c13-10-5-1-7-2-6-11(14)9-4-3-8(10)12(7)9/h1-6H. The first-order valence-corrected chi connectivity index (χ1v) is 4.39. The van der Waals surface area contributed by atoms with Crippen LogP contribution in [0.1, 0.15) is 0 Å². The van der Waals surface area contributed by atoms with Crippen LogP contribution in [-0.2, 0) is 9.59 Å². The summed E-state index contributed by atoms with van der Waals surface area (Å²) in [7, 11) is 0. The predicted octanol–water partition coefficient (Wildman–Crippen LogP) is 1.43. The number of hydrogen-bond acceptors (Lipinski definition) is 2. The highest BCUT2D eigenvalue weighted by atomic mass is 16.1. The van der Waals surface area contributed by atoms with Crippen LogP contribution in [0.25, 0.3) is 0 Å². The summed E-state index contributed by atoms with van der Waals surface area (Å²) in [5.41, 5.74) is 3.06. The van der Waals surface area contributed by atoms with Gasteiger partial charge in [-0.05, 0) is 29.9 Å². The van der Waals surface area contributed by atoms with Gasteiger partial charge in [-0.3, -0.25) is 9.59 Å². The zero-order chi connectivity index (χ0) is 9.71. The molecule has 3 rings (SSSR count). The summed E-state index contributed by atoms with van der Waals surface area (Å²) in [5.74, 6) is -0.0313. The summed E-state index contributed by atoms with van der Waals surface area (Å²) < 4.78 is 0. The molecule has 0 heterocycles. The normalized spacial score (nSPS) is 22.6. The minimum atomic E-state index is -0.0156. The van der Waals surface area contributed by atoms with Crippen LogP contribution in [0.4, 0.5) is 0 Å². The van der Waals surface area contributed by atoms with Crippen LogP contribution in [0.15, 0.2) is 58.7 Å². The van der Waals surface area contributed by atoms with Gasteiger partial charge in [-0.1, -0.05) is 12.2 Å². The van der Waals surface area contributed by atoms with Crippen LogP contribution >= 0.6 is 0 Å². The van der Waals surface area contributed by atoms with E-state index < -0.39 is 0 Å². The summed E-state index contributed by atoms with van der Waals surface area (Å²) in [6.45, 7) is 0. The SMILES string of the molecule is O=C1C=CC2=C3C1=CC=C3C(=O)C=C2. The Morgan fingerprint density at radius 1 is 0.714 bits per heavy atom. The molecule has 0 bridgehead atoms. The lowest BCUT2D eigenvalue weighted by molar-refractivity contribution is -0.111. The molecule has 0 aromatic heterocycles. The van der Waals surface area contributed by atoms with E-state index in [1.165, 1.54) is 0 Å². The topological polar surface area (TPSA) is 34.1 Å². The monoisotopic (exact) mass is 182 g/mol. The van der Waals surface area contributed by atoms with Crippen molar-refractivity contribution in [1.29, 1.82) is 0 Å². The van der Waals surface area contributed by atoms with Crippen molar-refractivity contribution in [2.24, 2.45) is 0 Å². The summed E-state index contributed by atoms with van der Waals surface area (Å²) in [5, 5.41) is 0. The van der Waals surface area contributed by atoms with Gasteiger partial charge in [0.05, 0.1) is 0 Å². The van der Waals surface area contributed by atoms with Crippen molar-refractivity contribution in [3.8, 4) is 0 Å². The largest absolute Gasteiger partial charge is 0.289 e. The molecule has 66 valence electrons. The first-order valence-electron chi connectivity index (χ1n) is 4.39. The van der Waals surface area contributed by atoms with Crippen LogP contribution in [0.3, 0.4) is 0 Å². The second kappa shape index (κ2) is 2.29. The molecule has 3 aliphatic rings. The fraction of sp³-hybridized carbons (Fsp3) is 0. The zero-order valence-corrected chi connectivity index (χ0v) is 7.28. The third kappa shape index (κ3) is 0.752. The Bertz CT molecular complexity index is 477. The molecule has 0 saturated heterocycles. The van der Waals surface area contributed by atoms with Gasteiger partial charge in [-0.2, -0.15) is 0 Å². The fourth-order valence-corrected chi connectivity index (χ4v) is 1.93. The lowest BCUT2D eigenvalue weighted by Crippen LogP contribution is -2.13. The molecule has 0 amide bonds. The minimum Gasteiger partial charge on any atom is -0.289 e. The minimum absolute atomic E-state index is 0.0156. The quantitative estimate of drug-likeness (QED) is 0.567. The second-order valence-electron chi connectivity index (χ2n) is 3.39. The van der Waals surface area contributed by atoms with Gasteiger partial charge in [0.25, 0.3) is 0 Å². The fourth-order valence-electron chi connectivity index (χ4n) is 1.93. The molecule has 2 nitrogen and oxygen atoms in total. The molecular formula is C12H6O2. The van der Waals surface area contributed by atoms with E-state index in [9.17, 15) is 9.59 Å². The second-order valence-corrected chi connectivity index (χ2v) is 3.39. The number of ketones is 2. The van der Waals surface area contributed by atoms with Crippen LogP contribution in [0.5, 0.6) is 0 Å². The predicted molar refractivity (Wildman–Crippen MR) is 51.5 cm³/mol. The van der Waals surface area contributed by atoms with Gasteiger partial charge in [0.1, 0.15) is 0 Å². The first kappa shape index (κ1) is 7.44. The van der Waals surface area contributed by atoms with Crippen molar-refractivity contribution in [3.63, 3.8) is 0 Å². The van der Waals surface area contributed by atoms with E-state index in [0.717, 1.165) is 11.1 Å². The van der Waals surface area contributed by atoms with Crippen LogP contribution < -0.4 is 0 Å². The number of carbonyl (C=O) groups is 2. The summed E-state index contributed by atoms with van der Waals surface area (Å²) in [4.78, 5) is 22.9. The molecule has 0 radical (unpaired) electrons.